The quantitative estimate of drug-likeness (QED) is 0.544. The fraction of sp³-hybridized carbons (Fsp3) is 0.250. The molecule has 1 aromatic carbocycles. The van der Waals surface area contributed by atoms with Gasteiger partial charge in [-0.3, -0.25) is 0 Å². The van der Waals surface area contributed by atoms with Crippen LogP contribution in [0.4, 0.5) is 4.39 Å². The van der Waals surface area contributed by atoms with Crippen LogP contribution in [0.15, 0.2) is 12.1 Å². The molecular weight excluding hydrogens is 151 g/mol. The van der Waals surface area contributed by atoms with Crippen LogP contribution in [0.1, 0.15) is 11.1 Å². The number of aryl methyl sites for hydroxylation is 1. The summed E-state index contributed by atoms with van der Waals surface area (Å²) in [5.74, 6) is -0.240. The predicted octanol–water partition coefficient (Wildman–Crippen LogP) is 3.10. The molecule has 0 heterocycles. The molecule has 0 aliphatic carbocycles. The molecule has 0 aliphatic rings. The first-order valence-electron chi connectivity index (χ1n) is 3.04. The lowest BCUT2D eigenvalue weighted by Crippen LogP contribution is -1.85. The van der Waals surface area contributed by atoms with Gasteiger partial charge in [-0.2, -0.15) is 0 Å². The molecule has 0 N–H and O–H groups in total. The Bertz CT molecular complexity index is 229. The minimum Gasteiger partial charge on any atom is -0.207 e. The summed E-state index contributed by atoms with van der Waals surface area (Å²) in [5, 5.41) is 0.528. The summed E-state index contributed by atoms with van der Waals surface area (Å²) < 4.78 is 12.7. The summed E-state index contributed by atoms with van der Waals surface area (Å²) >= 11 is 5.74. The smallest absolute Gasteiger partial charge is 0.127 e. The summed E-state index contributed by atoms with van der Waals surface area (Å²) in [6.07, 6.45) is 0. The highest BCUT2D eigenvalue weighted by Gasteiger charge is 2.02. The second-order valence-corrected chi connectivity index (χ2v) is 2.68. The van der Waals surface area contributed by atoms with Crippen molar-refractivity contribution >= 4 is 11.6 Å². The SMILES string of the molecule is Cc1ccc(F)c(C)c1Cl. The molecule has 0 fully saturated rings. The van der Waals surface area contributed by atoms with Crippen LogP contribution >= 0.6 is 11.6 Å². The largest absolute Gasteiger partial charge is 0.207 e. The van der Waals surface area contributed by atoms with E-state index in [0.29, 0.717) is 10.6 Å². The van der Waals surface area contributed by atoms with Gasteiger partial charge in [0.2, 0.25) is 0 Å². The van der Waals surface area contributed by atoms with Crippen molar-refractivity contribution < 1.29 is 4.39 Å². The summed E-state index contributed by atoms with van der Waals surface area (Å²) in [6.45, 7) is 3.53. The van der Waals surface area contributed by atoms with E-state index in [9.17, 15) is 4.39 Å². The third-order valence-corrected chi connectivity index (χ3v) is 2.09. The second kappa shape index (κ2) is 2.59. The average Bonchev–Trinajstić information content (AvgIpc) is 1.93. The van der Waals surface area contributed by atoms with Gasteiger partial charge in [-0.15, -0.1) is 0 Å². The Kier molecular flexibility index (Phi) is 1.95. The first-order chi connectivity index (χ1) is 4.63. The third kappa shape index (κ3) is 1.14. The molecule has 0 saturated heterocycles. The number of hydrogen-bond acceptors (Lipinski definition) is 0. The van der Waals surface area contributed by atoms with Crippen LogP contribution in [-0.4, -0.2) is 0 Å². The van der Waals surface area contributed by atoms with Gasteiger partial charge in [0.15, 0.2) is 0 Å². The third-order valence-electron chi connectivity index (χ3n) is 1.51. The first-order valence-corrected chi connectivity index (χ1v) is 3.42. The number of benzene rings is 1. The van der Waals surface area contributed by atoms with Crippen molar-refractivity contribution in [3.63, 3.8) is 0 Å². The Morgan fingerprint density at radius 3 is 2.40 bits per heavy atom. The molecule has 0 saturated carbocycles. The standard InChI is InChI=1S/C8H8ClF/c1-5-3-4-7(10)6(2)8(5)9/h3-4H,1-2H3. The lowest BCUT2D eigenvalue weighted by atomic mass is 10.1. The van der Waals surface area contributed by atoms with Crippen molar-refractivity contribution in [1.29, 1.82) is 0 Å². The van der Waals surface area contributed by atoms with Gasteiger partial charge in [0.05, 0.1) is 0 Å². The molecule has 0 bridgehead atoms. The van der Waals surface area contributed by atoms with Gasteiger partial charge >= 0.3 is 0 Å². The van der Waals surface area contributed by atoms with E-state index in [1.807, 2.05) is 6.92 Å². The van der Waals surface area contributed by atoms with Gasteiger partial charge < -0.3 is 0 Å². The normalized spacial score (nSPS) is 10.0. The molecule has 0 nitrogen and oxygen atoms in total. The van der Waals surface area contributed by atoms with E-state index in [-0.39, 0.29) is 5.82 Å². The molecule has 1 aromatic rings. The number of hydrogen-bond donors (Lipinski definition) is 0. The molecule has 0 amide bonds. The average molecular weight is 159 g/mol. The van der Waals surface area contributed by atoms with E-state index >= 15 is 0 Å². The van der Waals surface area contributed by atoms with Crippen molar-refractivity contribution in [2.24, 2.45) is 0 Å². The molecule has 2 heteroatoms. The van der Waals surface area contributed by atoms with E-state index in [0.717, 1.165) is 5.56 Å². The molecule has 54 valence electrons. The van der Waals surface area contributed by atoms with Crippen molar-refractivity contribution in [3.8, 4) is 0 Å². The fourth-order valence-electron chi connectivity index (χ4n) is 0.797. The summed E-state index contributed by atoms with van der Waals surface area (Å²) in [5.41, 5.74) is 1.45. The molecular formula is C8H8ClF. The highest BCUT2D eigenvalue weighted by atomic mass is 35.5. The van der Waals surface area contributed by atoms with Crippen LogP contribution < -0.4 is 0 Å². The number of halogens is 2. The van der Waals surface area contributed by atoms with E-state index < -0.39 is 0 Å². The maximum absolute atomic E-state index is 12.7. The summed E-state index contributed by atoms with van der Waals surface area (Å²) in [6, 6.07) is 3.10. The predicted molar refractivity (Wildman–Crippen MR) is 40.9 cm³/mol. The maximum atomic E-state index is 12.7. The van der Waals surface area contributed by atoms with Gasteiger partial charge in [-0.05, 0) is 25.5 Å². The van der Waals surface area contributed by atoms with E-state index in [2.05, 4.69) is 0 Å². The van der Waals surface area contributed by atoms with Crippen LogP contribution in [0, 0.1) is 19.7 Å². The first kappa shape index (κ1) is 7.55. The highest BCUT2D eigenvalue weighted by Crippen LogP contribution is 2.21. The monoisotopic (exact) mass is 158 g/mol. The van der Waals surface area contributed by atoms with Crippen LogP contribution in [0.3, 0.4) is 0 Å². The van der Waals surface area contributed by atoms with Gasteiger partial charge in [0.25, 0.3) is 0 Å². The van der Waals surface area contributed by atoms with Gasteiger partial charge in [0, 0.05) is 10.6 Å². The maximum Gasteiger partial charge on any atom is 0.127 e. The van der Waals surface area contributed by atoms with Crippen molar-refractivity contribution in [1.82, 2.24) is 0 Å². The second-order valence-electron chi connectivity index (χ2n) is 2.30. The van der Waals surface area contributed by atoms with Gasteiger partial charge in [-0.25, -0.2) is 4.39 Å². The van der Waals surface area contributed by atoms with Crippen LogP contribution in [0.5, 0.6) is 0 Å². The lowest BCUT2D eigenvalue weighted by Gasteiger charge is -2.01. The zero-order valence-electron chi connectivity index (χ0n) is 5.91. The van der Waals surface area contributed by atoms with Crippen LogP contribution in [-0.2, 0) is 0 Å². The molecule has 0 atom stereocenters. The molecule has 10 heavy (non-hydrogen) atoms. The zero-order chi connectivity index (χ0) is 7.72. The molecule has 0 spiro atoms. The summed E-state index contributed by atoms with van der Waals surface area (Å²) in [7, 11) is 0. The molecule has 0 radical (unpaired) electrons. The molecule has 0 aliphatic heterocycles. The highest BCUT2D eigenvalue weighted by molar-refractivity contribution is 6.32. The lowest BCUT2D eigenvalue weighted by molar-refractivity contribution is 0.618. The van der Waals surface area contributed by atoms with E-state index in [4.69, 9.17) is 11.6 Å². The van der Waals surface area contributed by atoms with Gasteiger partial charge in [0.1, 0.15) is 5.82 Å². The van der Waals surface area contributed by atoms with Crippen LogP contribution in [0.25, 0.3) is 0 Å². The Hall–Kier alpha value is -0.560. The number of rotatable bonds is 0. The Morgan fingerprint density at radius 2 is 1.90 bits per heavy atom. The fourth-order valence-corrected chi connectivity index (χ4v) is 0.950. The Balaban J connectivity index is 3.34. The summed E-state index contributed by atoms with van der Waals surface area (Å²) in [4.78, 5) is 0. The Morgan fingerprint density at radius 1 is 1.30 bits per heavy atom. The molecule has 0 aromatic heterocycles. The van der Waals surface area contributed by atoms with E-state index in [1.54, 1.807) is 13.0 Å². The minimum atomic E-state index is -0.240. The van der Waals surface area contributed by atoms with Gasteiger partial charge in [-0.1, -0.05) is 17.7 Å². The topological polar surface area (TPSA) is 0 Å². The Labute approximate surface area is 64.6 Å². The van der Waals surface area contributed by atoms with Crippen LogP contribution in [0.2, 0.25) is 5.02 Å². The van der Waals surface area contributed by atoms with E-state index in [1.165, 1.54) is 6.07 Å². The van der Waals surface area contributed by atoms with Crippen molar-refractivity contribution in [2.45, 2.75) is 13.8 Å². The molecule has 0 unspecified atom stereocenters. The van der Waals surface area contributed by atoms with Crippen molar-refractivity contribution in [2.75, 3.05) is 0 Å². The minimum absolute atomic E-state index is 0.240. The molecule has 1 rings (SSSR count). The van der Waals surface area contributed by atoms with Crippen molar-refractivity contribution in [3.05, 3.63) is 34.1 Å². The zero-order valence-corrected chi connectivity index (χ0v) is 6.67.